The summed E-state index contributed by atoms with van der Waals surface area (Å²) in [5.41, 5.74) is 7.29. The van der Waals surface area contributed by atoms with Crippen LogP contribution in [-0.4, -0.2) is 23.4 Å². The van der Waals surface area contributed by atoms with Crippen LogP contribution in [0.15, 0.2) is 71.5 Å². The van der Waals surface area contributed by atoms with Crippen molar-refractivity contribution in [1.29, 1.82) is 0 Å². The van der Waals surface area contributed by atoms with Crippen LogP contribution in [0.3, 0.4) is 0 Å². The highest BCUT2D eigenvalue weighted by Crippen LogP contribution is 2.28. The molecule has 3 aromatic carbocycles. The van der Waals surface area contributed by atoms with E-state index < -0.39 is 0 Å². The molecule has 1 aliphatic carbocycles. The maximum Gasteiger partial charge on any atom is 0.248 e. The van der Waals surface area contributed by atoms with Gasteiger partial charge in [0.1, 0.15) is 12.4 Å². The van der Waals surface area contributed by atoms with E-state index in [1.165, 1.54) is 28.3 Å². The monoisotopic (exact) mass is 512 g/mol. The zero-order valence-electron chi connectivity index (χ0n) is 23.5. The minimum absolute atomic E-state index is 0.00465. The lowest BCUT2D eigenvalue weighted by Crippen LogP contribution is -2.34. The second kappa shape index (κ2) is 13.7. The predicted molar refractivity (Wildman–Crippen MR) is 157 cm³/mol. The molecule has 5 heteroatoms. The number of aromatic nitrogens is 1. The molecule has 4 aromatic rings. The van der Waals surface area contributed by atoms with Crippen LogP contribution in [0.5, 0.6) is 5.75 Å². The van der Waals surface area contributed by atoms with Crippen molar-refractivity contribution >= 4 is 16.7 Å². The molecule has 200 valence electrons. The molecular weight excluding hydrogens is 472 g/mol. The molecule has 0 unspecified atom stereocenters. The molecule has 1 aliphatic rings. The average molecular weight is 513 g/mol. The largest absolute Gasteiger partial charge is 0.487 e. The molecule has 5 rings (SSSR count). The highest BCUT2D eigenvalue weighted by atomic mass is 16.5. The molecule has 1 aromatic heterocycles. The Labute approximate surface area is 226 Å². The highest BCUT2D eigenvalue weighted by Gasteiger charge is 2.23. The van der Waals surface area contributed by atoms with Crippen molar-refractivity contribution in [2.75, 3.05) is 6.54 Å². The first-order valence-electron chi connectivity index (χ1n) is 13.7. The number of hydrogen-bond acceptors (Lipinski definition) is 4. The Morgan fingerprint density at radius 2 is 1.53 bits per heavy atom. The van der Waals surface area contributed by atoms with Crippen molar-refractivity contribution in [3.05, 3.63) is 110 Å². The van der Waals surface area contributed by atoms with Crippen molar-refractivity contribution in [2.45, 2.75) is 67.0 Å². The summed E-state index contributed by atoms with van der Waals surface area (Å²) in [5, 5.41) is 4.14. The van der Waals surface area contributed by atoms with Crippen LogP contribution < -0.4 is 15.6 Å². The smallest absolute Gasteiger partial charge is 0.248 e. The fraction of sp³-hybridized carbons (Fsp3) is 0.333. The maximum atomic E-state index is 13.2. The van der Waals surface area contributed by atoms with E-state index >= 15 is 0 Å². The van der Waals surface area contributed by atoms with Gasteiger partial charge in [-0.2, -0.15) is 0 Å². The van der Waals surface area contributed by atoms with Crippen molar-refractivity contribution in [3.63, 3.8) is 0 Å². The van der Waals surface area contributed by atoms with E-state index in [0.717, 1.165) is 18.4 Å². The molecule has 0 saturated heterocycles. The Morgan fingerprint density at radius 3 is 2.16 bits per heavy atom. The molecular formula is C33H40N2O3. The molecule has 0 spiro atoms. The summed E-state index contributed by atoms with van der Waals surface area (Å²) in [4.78, 5) is 28.1. The number of aryl methyl sites for hydroxylation is 2. The van der Waals surface area contributed by atoms with Crippen molar-refractivity contribution < 1.29 is 9.53 Å². The highest BCUT2D eigenvalue weighted by molar-refractivity contribution is 6.09. The zero-order chi connectivity index (χ0) is 27.7. The van der Waals surface area contributed by atoms with Gasteiger partial charge in [-0.1, -0.05) is 70.2 Å². The van der Waals surface area contributed by atoms with E-state index in [-0.39, 0.29) is 23.9 Å². The normalized spacial score (nSPS) is 12.2. The number of pyridine rings is 1. The van der Waals surface area contributed by atoms with Gasteiger partial charge in [-0.3, -0.25) is 9.59 Å². The standard InChI is InChI=1S/C29H28N2O3.2C2H6/c1-18-12-21-14-23(15-22(21)13-19(18)2)30-16-26(32)24-8-10-27(29-25(24)9-11-28(33)31-29)34-17-20-6-4-3-5-7-20;2*1-2/h3-13,23,30H,14-17H2,1-2H3,(H,31,33);2*1-2H3. The number of benzene rings is 3. The third-order valence-corrected chi connectivity index (χ3v) is 6.69. The number of ether oxygens (including phenoxy) is 1. The number of Topliss-reactive ketones (excluding diaryl/α,β-unsaturated/α-hetero) is 1. The number of H-pyrrole nitrogens is 1. The first-order valence-corrected chi connectivity index (χ1v) is 13.7. The number of nitrogens with one attached hydrogen (secondary N) is 2. The summed E-state index contributed by atoms with van der Waals surface area (Å²) < 4.78 is 5.99. The fourth-order valence-electron chi connectivity index (χ4n) is 4.72. The lowest BCUT2D eigenvalue weighted by Gasteiger charge is -2.14. The number of rotatable bonds is 7. The van der Waals surface area contributed by atoms with Gasteiger partial charge in [0.15, 0.2) is 5.78 Å². The van der Waals surface area contributed by atoms with Crippen LogP contribution in [0.2, 0.25) is 0 Å². The summed E-state index contributed by atoms with van der Waals surface area (Å²) in [6.45, 7) is 12.9. The second-order valence-electron chi connectivity index (χ2n) is 9.11. The van der Waals surface area contributed by atoms with Gasteiger partial charge in [-0.15, -0.1) is 0 Å². The average Bonchev–Trinajstić information content (AvgIpc) is 3.34. The number of aromatic amines is 1. The van der Waals surface area contributed by atoms with E-state index in [4.69, 9.17) is 4.74 Å². The molecule has 5 nitrogen and oxygen atoms in total. The van der Waals surface area contributed by atoms with Gasteiger partial charge in [0.25, 0.3) is 0 Å². The van der Waals surface area contributed by atoms with Crippen LogP contribution in [0.25, 0.3) is 10.9 Å². The van der Waals surface area contributed by atoms with Gasteiger partial charge in [0.05, 0.1) is 12.1 Å². The van der Waals surface area contributed by atoms with Gasteiger partial charge >= 0.3 is 0 Å². The lowest BCUT2D eigenvalue weighted by atomic mass is 10.0. The summed E-state index contributed by atoms with van der Waals surface area (Å²) in [6.07, 6.45) is 1.87. The lowest BCUT2D eigenvalue weighted by molar-refractivity contribution is 0.0989. The first kappa shape index (κ1) is 28.9. The number of hydrogen-bond donors (Lipinski definition) is 2. The molecule has 0 atom stereocenters. The summed E-state index contributed by atoms with van der Waals surface area (Å²) in [7, 11) is 0. The van der Waals surface area contributed by atoms with E-state index in [1.54, 1.807) is 18.2 Å². The summed E-state index contributed by atoms with van der Waals surface area (Å²) >= 11 is 0. The Bertz CT molecular complexity index is 1390. The van der Waals surface area contributed by atoms with Crippen LogP contribution in [0.4, 0.5) is 0 Å². The molecule has 0 bridgehead atoms. The van der Waals surface area contributed by atoms with Crippen molar-refractivity contribution in [3.8, 4) is 5.75 Å². The molecule has 0 fully saturated rings. The first-order chi connectivity index (χ1) is 18.5. The summed E-state index contributed by atoms with van der Waals surface area (Å²) in [5.74, 6) is 0.549. The third-order valence-electron chi connectivity index (χ3n) is 6.69. The Morgan fingerprint density at radius 1 is 0.895 bits per heavy atom. The van der Waals surface area contributed by atoms with Gasteiger partial charge < -0.3 is 15.0 Å². The minimum atomic E-state index is -0.228. The van der Waals surface area contributed by atoms with Gasteiger partial charge in [0.2, 0.25) is 5.56 Å². The zero-order valence-corrected chi connectivity index (χ0v) is 23.5. The van der Waals surface area contributed by atoms with E-state index in [2.05, 4.69) is 36.3 Å². The fourth-order valence-corrected chi connectivity index (χ4v) is 4.72. The topological polar surface area (TPSA) is 71.2 Å². The quantitative estimate of drug-likeness (QED) is 0.270. The van der Waals surface area contributed by atoms with Crippen molar-refractivity contribution in [2.24, 2.45) is 0 Å². The van der Waals surface area contributed by atoms with E-state index in [1.807, 2.05) is 58.0 Å². The molecule has 0 amide bonds. The summed E-state index contributed by atoms with van der Waals surface area (Å²) in [6, 6.07) is 21.3. The van der Waals surface area contributed by atoms with Gasteiger partial charge in [0, 0.05) is 23.1 Å². The number of ketones is 1. The molecule has 0 saturated carbocycles. The number of fused-ring (bicyclic) bond motifs is 2. The Balaban J connectivity index is 0.000000956. The number of carbonyl (C=O) groups is 1. The molecule has 38 heavy (non-hydrogen) atoms. The van der Waals surface area contributed by atoms with Crippen molar-refractivity contribution in [1.82, 2.24) is 10.3 Å². The second-order valence-corrected chi connectivity index (χ2v) is 9.11. The molecule has 0 aliphatic heterocycles. The van der Waals surface area contributed by atoms with Gasteiger partial charge in [-0.25, -0.2) is 0 Å². The van der Waals surface area contributed by atoms with Crippen LogP contribution in [0, 0.1) is 13.8 Å². The number of carbonyl (C=O) groups excluding carboxylic acids is 1. The molecule has 2 N–H and O–H groups in total. The SMILES string of the molecule is CC.CC.Cc1cc2c(cc1C)CC(NCC(=O)c1ccc(OCc3ccccc3)c3[nH]c(=O)ccc13)C2. The maximum absolute atomic E-state index is 13.2. The van der Waals surface area contributed by atoms with Crippen LogP contribution >= 0.6 is 0 Å². The minimum Gasteiger partial charge on any atom is -0.487 e. The predicted octanol–water partition coefficient (Wildman–Crippen LogP) is 6.72. The Kier molecular flexibility index (Phi) is 10.4. The van der Waals surface area contributed by atoms with E-state index in [9.17, 15) is 9.59 Å². The van der Waals surface area contributed by atoms with Crippen LogP contribution in [0.1, 0.15) is 65.9 Å². The van der Waals surface area contributed by atoms with Gasteiger partial charge in [-0.05, 0) is 72.7 Å². The Hall–Kier alpha value is -3.70. The third kappa shape index (κ3) is 6.78. The van der Waals surface area contributed by atoms with Crippen LogP contribution in [-0.2, 0) is 19.4 Å². The van der Waals surface area contributed by atoms with E-state index in [0.29, 0.717) is 28.8 Å². The molecule has 0 radical (unpaired) electrons. The molecule has 1 heterocycles.